The number of carbonyl (C=O) groups excluding carboxylic acids is 1. The van der Waals surface area contributed by atoms with Crippen LogP contribution in [0, 0.1) is 0 Å². The number of carbonyl (C=O) groups is 1. The summed E-state index contributed by atoms with van der Waals surface area (Å²) < 4.78 is 1.69. The van der Waals surface area contributed by atoms with Gasteiger partial charge in [-0.25, -0.2) is 0 Å². The molecule has 19 heavy (non-hydrogen) atoms. The number of hydrogen-bond donors (Lipinski definition) is 1. The summed E-state index contributed by atoms with van der Waals surface area (Å²) >= 11 is 0. The zero-order valence-corrected chi connectivity index (χ0v) is 12.3. The van der Waals surface area contributed by atoms with Crippen LogP contribution in [0.5, 0.6) is 0 Å². The number of nitrogens with zero attached hydrogens (tertiary/aromatic N) is 3. The molecule has 2 heterocycles. The standard InChI is InChI=1S/C14H24N4O/c1-14(2,3)12-9-11(17(4)16-12)13(19)18-7-5-10(15)6-8-18/h9-10H,5-8,15H2,1-4H3. The van der Waals surface area contributed by atoms with Crippen molar-refractivity contribution >= 4 is 5.91 Å². The summed E-state index contributed by atoms with van der Waals surface area (Å²) in [4.78, 5) is 14.4. The third-order valence-electron chi connectivity index (χ3n) is 3.69. The Morgan fingerprint density at radius 1 is 1.37 bits per heavy atom. The molecule has 0 radical (unpaired) electrons. The van der Waals surface area contributed by atoms with Crippen LogP contribution in [0.1, 0.15) is 49.8 Å². The van der Waals surface area contributed by atoms with Crippen LogP contribution >= 0.6 is 0 Å². The first-order valence-electron chi connectivity index (χ1n) is 6.88. The molecule has 2 rings (SSSR count). The molecule has 1 aromatic rings. The average molecular weight is 264 g/mol. The number of aryl methyl sites for hydroxylation is 1. The maximum atomic E-state index is 12.5. The van der Waals surface area contributed by atoms with Gasteiger partial charge in [0.2, 0.25) is 0 Å². The van der Waals surface area contributed by atoms with Gasteiger partial charge >= 0.3 is 0 Å². The minimum Gasteiger partial charge on any atom is -0.337 e. The van der Waals surface area contributed by atoms with Gasteiger partial charge in [-0.2, -0.15) is 5.10 Å². The maximum Gasteiger partial charge on any atom is 0.272 e. The summed E-state index contributed by atoms with van der Waals surface area (Å²) in [7, 11) is 1.83. The molecular formula is C14H24N4O. The minimum absolute atomic E-state index is 0.0411. The lowest BCUT2D eigenvalue weighted by atomic mass is 9.92. The van der Waals surface area contributed by atoms with Gasteiger partial charge in [0.1, 0.15) is 5.69 Å². The fraction of sp³-hybridized carbons (Fsp3) is 0.714. The van der Waals surface area contributed by atoms with E-state index in [9.17, 15) is 4.79 Å². The first-order chi connectivity index (χ1) is 8.79. The van der Waals surface area contributed by atoms with Gasteiger partial charge in [-0.1, -0.05) is 20.8 Å². The number of hydrogen-bond acceptors (Lipinski definition) is 3. The predicted octanol–water partition coefficient (Wildman–Crippen LogP) is 1.28. The fourth-order valence-electron chi connectivity index (χ4n) is 2.30. The Kier molecular flexibility index (Phi) is 3.67. The first-order valence-corrected chi connectivity index (χ1v) is 6.88. The molecule has 0 bridgehead atoms. The van der Waals surface area contributed by atoms with Crippen LogP contribution in [0.15, 0.2) is 6.07 Å². The molecule has 5 heteroatoms. The quantitative estimate of drug-likeness (QED) is 0.831. The number of rotatable bonds is 1. The molecule has 1 fully saturated rings. The van der Waals surface area contributed by atoms with Gasteiger partial charge in [0, 0.05) is 31.6 Å². The minimum atomic E-state index is -0.0411. The van der Waals surface area contributed by atoms with E-state index in [2.05, 4.69) is 25.9 Å². The molecule has 0 atom stereocenters. The van der Waals surface area contributed by atoms with Crippen molar-refractivity contribution < 1.29 is 4.79 Å². The van der Waals surface area contributed by atoms with E-state index in [1.54, 1.807) is 4.68 Å². The van der Waals surface area contributed by atoms with Crippen molar-refractivity contribution in [2.45, 2.75) is 45.1 Å². The van der Waals surface area contributed by atoms with Gasteiger partial charge in [0.25, 0.3) is 5.91 Å². The lowest BCUT2D eigenvalue weighted by Gasteiger charge is -2.30. The highest BCUT2D eigenvalue weighted by atomic mass is 16.2. The third kappa shape index (κ3) is 2.97. The van der Waals surface area contributed by atoms with Crippen LogP contribution in [0.25, 0.3) is 0 Å². The van der Waals surface area contributed by atoms with E-state index >= 15 is 0 Å². The van der Waals surface area contributed by atoms with Crippen molar-refractivity contribution in [3.05, 3.63) is 17.5 Å². The Labute approximate surface area is 114 Å². The van der Waals surface area contributed by atoms with Gasteiger partial charge in [-0.15, -0.1) is 0 Å². The highest BCUT2D eigenvalue weighted by Crippen LogP contribution is 2.22. The average Bonchev–Trinajstić information content (AvgIpc) is 2.71. The van der Waals surface area contributed by atoms with Crippen LogP contribution in [-0.2, 0) is 12.5 Å². The molecule has 1 saturated heterocycles. The van der Waals surface area contributed by atoms with Crippen molar-refractivity contribution in [3.8, 4) is 0 Å². The number of likely N-dealkylation sites (tertiary alicyclic amines) is 1. The molecule has 0 aliphatic carbocycles. The largest absolute Gasteiger partial charge is 0.337 e. The maximum absolute atomic E-state index is 12.5. The van der Waals surface area contributed by atoms with E-state index in [1.165, 1.54) is 0 Å². The Balaban J connectivity index is 2.18. The molecule has 0 spiro atoms. The number of amides is 1. The molecule has 1 aromatic heterocycles. The smallest absolute Gasteiger partial charge is 0.272 e. The molecule has 5 nitrogen and oxygen atoms in total. The highest BCUT2D eigenvalue weighted by Gasteiger charge is 2.26. The van der Waals surface area contributed by atoms with Gasteiger partial charge in [-0.3, -0.25) is 9.48 Å². The van der Waals surface area contributed by atoms with Crippen LogP contribution in [-0.4, -0.2) is 39.7 Å². The Hall–Kier alpha value is -1.36. The Morgan fingerprint density at radius 2 is 1.95 bits per heavy atom. The second kappa shape index (κ2) is 4.96. The summed E-state index contributed by atoms with van der Waals surface area (Å²) in [5, 5.41) is 4.46. The van der Waals surface area contributed by atoms with E-state index in [0.717, 1.165) is 31.6 Å². The Bertz CT molecular complexity index is 464. The normalized spacial score (nSPS) is 17.8. The molecule has 1 aliphatic rings. The van der Waals surface area contributed by atoms with Crippen molar-refractivity contribution in [2.24, 2.45) is 12.8 Å². The van der Waals surface area contributed by atoms with Gasteiger partial charge in [0.15, 0.2) is 0 Å². The number of piperidine rings is 1. The molecular weight excluding hydrogens is 240 g/mol. The van der Waals surface area contributed by atoms with Crippen molar-refractivity contribution in [1.29, 1.82) is 0 Å². The van der Waals surface area contributed by atoms with E-state index in [-0.39, 0.29) is 17.4 Å². The predicted molar refractivity (Wildman–Crippen MR) is 75.0 cm³/mol. The molecule has 0 aromatic carbocycles. The van der Waals surface area contributed by atoms with E-state index in [4.69, 9.17) is 5.73 Å². The van der Waals surface area contributed by atoms with Crippen LogP contribution in [0.2, 0.25) is 0 Å². The van der Waals surface area contributed by atoms with Crippen molar-refractivity contribution in [1.82, 2.24) is 14.7 Å². The van der Waals surface area contributed by atoms with Gasteiger partial charge in [0.05, 0.1) is 5.69 Å². The number of aromatic nitrogens is 2. The summed E-state index contributed by atoms with van der Waals surface area (Å²) in [6, 6.07) is 2.15. The molecule has 0 unspecified atom stereocenters. The van der Waals surface area contributed by atoms with Crippen molar-refractivity contribution in [2.75, 3.05) is 13.1 Å². The van der Waals surface area contributed by atoms with E-state index in [1.807, 2.05) is 18.0 Å². The molecule has 2 N–H and O–H groups in total. The lowest BCUT2D eigenvalue weighted by molar-refractivity contribution is 0.0703. The third-order valence-corrected chi connectivity index (χ3v) is 3.69. The van der Waals surface area contributed by atoms with Crippen LogP contribution in [0.3, 0.4) is 0 Å². The van der Waals surface area contributed by atoms with Crippen LogP contribution < -0.4 is 5.73 Å². The Morgan fingerprint density at radius 3 is 2.42 bits per heavy atom. The zero-order valence-electron chi connectivity index (χ0n) is 12.3. The van der Waals surface area contributed by atoms with Crippen molar-refractivity contribution in [3.63, 3.8) is 0 Å². The molecule has 106 valence electrons. The summed E-state index contributed by atoms with van der Waals surface area (Å²) in [6.45, 7) is 7.79. The second-order valence-corrected chi connectivity index (χ2v) is 6.42. The van der Waals surface area contributed by atoms with E-state index < -0.39 is 0 Å². The topological polar surface area (TPSA) is 64.2 Å². The highest BCUT2D eigenvalue weighted by molar-refractivity contribution is 5.92. The van der Waals surface area contributed by atoms with E-state index in [0.29, 0.717) is 5.69 Å². The van der Waals surface area contributed by atoms with Crippen LogP contribution in [0.4, 0.5) is 0 Å². The molecule has 1 aliphatic heterocycles. The summed E-state index contributed by atoms with van der Waals surface area (Å²) in [5.41, 5.74) is 7.45. The monoisotopic (exact) mass is 264 g/mol. The summed E-state index contributed by atoms with van der Waals surface area (Å²) in [5.74, 6) is 0.0670. The lowest BCUT2D eigenvalue weighted by Crippen LogP contribution is -2.43. The molecule has 0 saturated carbocycles. The SMILES string of the molecule is Cn1nc(C(C)(C)C)cc1C(=O)N1CCC(N)CC1. The number of nitrogens with two attached hydrogens (primary N) is 1. The fourth-order valence-corrected chi connectivity index (χ4v) is 2.30. The second-order valence-electron chi connectivity index (χ2n) is 6.42. The van der Waals surface area contributed by atoms with Gasteiger partial charge < -0.3 is 10.6 Å². The zero-order chi connectivity index (χ0) is 14.2. The molecule has 1 amide bonds. The summed E-state index contributed by atoms with van der Waals surface area (Å²) in [6.07, 6.45) is 1.77. The first kappa shape index (κ1) is 14.1. The van der Waals surface area contributed by atoms with Gasteiger partial charge in [-0.05, 0) is 18.9 Å².